The lowest BCUT2D eigenvalue weighted by Gasteiger charge is -2.01. The largest absolute Gasteiger partial charge is 0.388 e. The van der Waals surface area contributed by atoms with Crippen LogP contribution in [0.25, 0.3) is 0 Å². The monoisotopic (exact) mass is 178 g/mol. The number of rotatable bonds is 3. The fourth-order valence-electron chi connectivity index (χ4n) is 1.01. The van der Waals surface area contributed by atoms with Crippen molar-refractivity contribution >= 4 is 11.6 Å². The Morgan fingerprint density at radius 2 is 2.23 bits per heavy atom. The van der Waals surface area contributed by atoms with E-state index in [2.05, 4.69) is 10.3 Å². The van der Waals surface area contributed by atoms with Gasteiger partial charge in [-0.15, -0.1) is 0 Å². The van der Waals surface area contributed by atoms with Gasteiger partial charge in [-0.3, -0.25) is 0 Å². The lowest BCUT2D eigenvalue weighted by Crippen LogP contribution is -2.22. The molecule has 0 saturated carbocycles. The van der Waals surface area contributed by atoms with Gasteiger partial charge in [0.15, 0.2) is 5.96 Å². The van der Waals surface area contributed by atoms with E-state index in [9.17, 15) is 0 Å². The molecule has 0 unspecified atom stereocenters. The summed E-state index contributed by atoms with van der Waals surface area (Å²) in [6.45, 7) is 0.526. The molecule has 5 N–H and O–H groups in total. The molecule has 4 heteroatoms. The summed E-state index contributed by atoms with van der Waals surface area (Å²) in [6.07, 6.45) is 0. The molecule has 1 aromatic carbocycles. The van der Waals surface area contributed by atoms with Crippen LogP contribution in [0.1, 0.15) is 5.56 Å². The van der Waals surface area contributed by atoms with Crippen LogP contribution in [0.4, 0.5) is 5.69 Å². The summed E-state index contributed by atoms with van der Waals surface area (Å²) in [5, 5.41) is 3.04. The SMILES string of the molecule is CNc1cccc(CN=C(N)N)c1. The number of hydrogen-bond acceptors (Lipinski definition) is 2. The third-order valence-corrected chi connectivity index (χ3v) is 1.66. The van der Waals surface area contributed by atoms with E-state index in [-0.39, 0.29) is 5.96 Å². The Hall–Kier alpha value is -1.71. The van der Waals surface area contributed by atoms with Gasteiger partial charge in [0.2, 0.25) is 0 Å². The van der Waals surface area contributed by atoms with Crippen LogP contribution in [-0.2, 0) is 6.54 Å². The molecular weight excluding hydrogens is 164 g/mol. The van der Waals surface area contributed by atoms with Crippen molar-refractivity contribution in [1.29, 1.82) is 0 Å². The van der Waals surface area contributed by atoms with Gasteiger partial charge in [0, 0.05) is 12.7 Å². The second-order valence-electron chi connectivity index (χ2n) is 2.69. The zero-order valence-electron chi connectivity index (χ0n) is 7.62. The van der Waals surface area contributed by atoms with Crippen molar-refractivity contribution in [2.75, 3.05) is 12.4 Å². The normalized spacial score (nSPS) is 9.31. The highest BCUT2D eigenvalue weighted by Crippen LogP contribution is 2.10. The molecule has 0 atom stereocenters. The van der Waals surface area contributed by atoms with Crippen LogP contribution >= 0.6 is 0 Å². The molecule has 0 aliphatic heterocycles. The summed E-state index contributed by atoms with van der Waals surface area (Å²) in [5.41, 5.74) is 12.6. The van der Waals surface area contributed by atoms with E-state index in [0.717, 1.165) is 11.3 Å². The summed E-state index contributed by atoms with van der Waals surface area (Å²) < 4.78 is 0. The highest BCUT2D eigenvalue weighted by molar-refractivity contribution is 5.75. The summed E-state index contributed by atoms with van der Waals surface area (Å²) >= 11 is 0. The van der Waals surface area contributed by atoms with Gasteiger partial charge in [0.05, 0.1) is 6.54 Å². The van der Waals surface area contributed by atoms with Gasteiger partial charge >= 0.3 is 0 Å². The van der Waals surface area contributed by atoms with Gasteiger partial charge in [-0.25, -0.2) is 4.99 Å². The summed E-state index contributed by atoms with van der Waals surface area (Å²) in [7, 11) is 1.87. The maximum atomic E-state index is 5.22. The lowest BCUT2D eigenvalue weighted by molar-refractivity contribution is 1.05. The molecule has 0 fully saturated rings. The van der Waals surface area contributed by atoms with E-state index < -0.39 is 0 Å². The molecule has 0 spiro atoms. The number of hydrogen-bond donors (Lipinski definition) is 3. The Labute approximate surface area is 77.7 Å². The van der Waals surface area contributed by atoms with Gasteiger partial charge < -0.3 is 16.8 Å². The topological polar surface area (TPSA) is 76.4 Å². The minimum absolute atomic E-state index is 0.120. The smallest absolute Gasteiger partial charge is 0.186 e. The van der Waals surface area contributed by atoms with Crippen LogP contribution in [0.5, 0.6) is 0 Å². The van der Waals surface area contributed by atoms with Crippen LogP contribution in [0.15, 0.2) is 29.3 Å². The van der Waals surface area contributed by atoms with E-state index in [4.69, 9.17) is 11.5 Å². The molecule has 0 aromatic heterocycles. The van der Waals surface area contributed by atoms with E-state index in [0.29, 0.717) is 6.54 Å². The highest BCUT2D eigenvalue weighted by Gasteiger charge is 1.92. The lowest BCUT2D eigenvalue weighted by atomic mass is 10.2. The zero-order chi connectivity index (χ0) is 9.68. The van der Waals surface area contributed by atoms with E-state index in [1.807, 2.05) is 31.3 Å². The molecule has 70 valence electrons. The molecule has 0 radical (unpaired) electrons. The third kappa shape index (κ3) is 3.02. The van der Waals surface area contributed by atoms with E-state index >= 15 is 0 Å². The quantitative estimate of drug-likeness (QED) is 0.466. The second kappa shape index (κ2) is 4.35. The molecule has 13 heavy (non-hydrogen) atoms. The van der Waals surface area contributed by atoms with Crippen molar-refractivity contribution in [3.63, 3.8) is 0 Å². The number of guanidine groups is 1. The van der Waals surface area contributed by atoms with Crippen LogP contribution in [0, 0.1) is 0 Å². The van der Waals surface area contributed by atoms with Crippen molar-refractivity contribution < 1.29 is 0 Å². The predicted molar refractivity (Wildman–Crippen MR) is 55.5 cm³/mol. The maximum Gasteiger partial charge on any atom is 0.186 e. The molecule has 0 aliphatic carbocycles. The molecule has 0 saturated heterocycles. The molecule has 1 aromatic rings. The van der Waals surface area contributed by atoms with Gasteiger partial charge in [0.25, 0.3) is 0 Å². The van der Waals surface area contributed by atoms with Crippen LogP contribution in [0.3, 0.4) is 0 Å². The zero-order valence-corrected chi connectivity index (χ0v) is 7.62. The van der Waals surface area contributed by atoms with Crippen LogP contribution in [-0.4, -0.2) is 13.0 Å². The van der Waals surface area contributed by atoms with Crippen LogP contribution in [0.2, 0.25) is 0 Å². The summed E-state index contributed by atoms with van der Waals surface area (Å²) in [4.78, 5) is 3.91. The Morgan fingerprint density at radius 3 is 2.85 bits per heavy atom. The molecule has 0 amide bonds. The van der Waals surface area contributed by atoms with Crippen molar-refractivity contribution in [3.05, 3.63) is 29.8 Å². The average molecular weight is 178 g/mol. The van der Waals surface area contributed by atoms with E-state index in [1.165, 1.54) is 0 Å². The Morgan fingerprint density at radius 1 is 1.46 bits per heavy atom. The number of anilines is 1. The molecule has 0 heterocycles. The fraction of sp³-hybridized carbons (Fsp3) is 0.222. The number of nitrogens with two attached hydrogens (primary N) is 2. The fourth-order valence-corrected chi connectivity index (χ4v) is 1.01. The molecule has 0 aliphatic rings. The third-order valence-electron chi connectivity index (χ3n) is 1.66. The van der Waals surface area contributed by atoms with Crippen molar-refractivity contribution in [3.8, 4) is 0 Å². The molecule has 1 rings (SSSR count). The van der Waals surface area contributed by atoms with Crippen molar-refractivity contribution in [2.45, 2.75) is 6.54 Å². The average Bonchev–Trinajstić information content (AvgIpc) is 2.15. The Balaban J connectivity index is 2.72. The first-order chi connectivity index (χ1) is 6.22. The standard InChI is InChI=1S/C9H14N4/c1-12-8-4-2-3-7(5-8)6-13-9(10)11/h2-5,12H,6H2,1H3,(H4,10,11,13). The van der Waals surface area contributed by atoms with Crippen molar-refractivity contribution in [1.82, 2.24) is 0 Å². The molecular formula is C9H14N4. The minimum Gasteiger partial charge on any atom is -0.388 e. The van der Waals surface area contributed by atoms with Gasteiger partial charge in [-0.1, -0.05) is 12.1 Å². The summed E-state index contributed by atoms with van der Waals surface area (Å²) in [5.74, 6) is 0.120. The number of benzene rings is 1. The minimum atomic E-state index is 0.120. The summed E-state index contributed by atoms with van der Waals surface area (Å²) in [6, 6.07) is 7.93. The second-order valence-corrected chi connectivity index (χ2v) is 2.69. The van der Waals surface area contributed by atoms with Crippen molar-refractivity contribution in [2.24, 2.45) is 16.5 Å². The first kappa shape index (κ1) is 9.38. The van der Waals surface area contributed by atoms with Gasteiger partial charge in [0.1, 0.15) is 0 Å². The Kier molecular flexibility index (Phi) is 3.14. The molecule has 4 nitrogen and oxygen atoms in total. The first-order valence-corrected chi connectivity index (χ1v) is 4.04. The van der Waals surface area contributed by atoms with Gasteiger partial charge in [-0.2, -0.15) is 0 Å². The molecule has 0 bridgehead atoms. The van der Waals surface area contributed by atoms with E-state index in [1.54, 1.807) is 0 Å². The predicted octanol–water partition coefficient (Wildman–Crippen LogP) is 0.502. The highest BCUT2D eigenvalue weighted by atomic mass is 15.0. The first-order valence-electron chi connectivity index (χ1n) is 4.04. The number of aliphatic imine (C=N–C) groups is 1. The van der Waals surface area contributed by atoms with Gasteiger partial charge in [-0.05, 0) is 17.7 Å². The maximum absolute atomic E-state index is 5.22. The van der Waals surface area contributed by atoms with Crippen LogP contribution < -0.4 is 16.8 Å². The number of nitrogens with zero attached hydrogens (tertiary/aromatic N) is 1. The number of nitrogens with one attached hydrogen (secondary N) is 1. The Bertz CT molecular complexity index is 302.